The van der Waals surface area contributed by atoms with E-state index in [0.29, 0.717) is 0 Å². The molecule has 1 rings (SSSR count). The van der Waals surface area contributed by atoms with Crippen LogP contribution in [0.4, 0.5) is 0 Å². The van der Waals surface area contributed by atoms with Gasteiger partial charge in [-0.1, -0.05) is 0 Å². The number of hydrogen-bond donors (Lipinski definition) is 1. The van der Waals surface area contributed by atoms with Crippen molar-refractivity contribution in [1.82, 2.24) is 8.88 Å². The molecule has 0 aromatic carbocycles. The molecule has 0 aromatic rings. The van der Waals surface area contributed by atoms with Gasteiger partial charge in [-0.25, -0.2) is 0 Å². The monoisotopic (exact) mass is 217 g/mol. The Hall–Kier alpha value is 0.211. The second-order valence-electron chi connectivity index (χ2n) is 4.43. The lowest BCUT2D eigenvalue weighted by Gasteiger charge is -2.46. The van der Waals surface area contributed by atoms with E-state index in [1.165, 1.54) is 0 Å². The zero-order valence-electron chi connectivity index (χ0n) is 8.89. The highest BCUT2D eigenvalue weighted by atomic mass is 28.5. The number of rotatable bonds is 0. The molecule has 0 bridgehead atoms. The van der Waals surface area contributed by atoms with E-state index in [9.17, 15) is 0 Å². The van der Waals surface area contributed by atoms with Crippen molar-refractivity contribution in [3.63, 3.8) is 0 Å². The van der Waals surface area contributed by atoms with Gasteiger partial charge in [0.05, 0.1) is 0 Å². The molecular weight excluding hydrogens is 198 g/mol. The molecule has 0 radical (unpaired) electrons. The third-order valence-electron chi connectivity index (χ3n) is 2.59. The molecule has 1 N–H and O–H groups in total. The molecule has 0 amide bonds. The Morgan fingerprint density at radius 3 is 2.17 bits per heavy atom. The smallest absolute Gasteiger partial charge is 0.234 e. The SMILES string of the molecule is CN1[Si](C)(C)N=[Si](C)N[Si]1(C)C. The first-order valence-electron chi connectivity index (χ1n) is 4.34. The Morgan fingerprint density at radius 1 is 1.25 bits per heavy atom. The summed E-state index contributed by atoms with van der Waals surface area (Å²) in [7, 11) is -1.03. The highest BCUT2D eigenvalue weighted by Crippen LogP contribution is 2.19. The fraction of sp³-hybridized carbons (Fsp3) is 1.00. The molecule has 3 nitrogen and oxygen atoms in total. The van der Waals surface area contributed by atoms with E-state index >= 15 is 0 Å². The predicted molar refractivity (Wildman–Crippen MR) is 59.9 cm³/mol. The molecule has 0 atom stereocenters. The molecule has 0 saturated heterocycles. The van der Waals surface area contributed by atoms with Crippen molar-refractivity contribution in [3.05, 3.63) is 0 Å². The van der Waals surface area contributed by atoms with Crippen LogP contribution in [0.5, 0.6) is 0 Å². The summed E-state index contributed by atoms with van der Waals surface area (Å²) < 4.78 is 11.1. The maximum Gasteiger partial charge on any atom is 0.234 e. The van der Waals surface area contributed by atoms with E-state index < -0.39 is 25.5 Å². The standard InChI is InChI=1S/C6H19N3Si3/c1-9-11(3,4)7-10(2)8-12(9,5)6/h7H,1-6H3. The van der Waals surface area contributed by atoms with Crippen LogP contribution in [0.25, 0.3) is 0 Å². The van der Waals surface area contributed by atoms with E-state index in [1.807, 2.05) is 0 Å². The van der Waals surface area contributed by atoms with E-state index in [4.69, 9.17) is 4.30 Å². The molecule has 1 aliphatic heterocycles. The van der Waals surface area contributed by atoms with Gasteiger partial charge in [0.2, 0.25) is 25.5 Å². The van der Waals surface area contributed by atoms with Crippen LogP contribution < -0.4 is 4.65 Å². The van der Waals surface area contributed by atoms with Crippen LogP contribution in [-0.2, 0) is 0 Å². The van der Waals surface area contributed by atoms with Gasteiger partial charge >= 0.3 is 0 Å². The van der Waals surface area contributed by atoms with Crippen LogP contribution in [0, 0.1) is 0 Å². The van der Waals surface area contributed by atoms with Gasteiger partial charge in [0.25, 0.3) is 0 Å². The third-order valence-corrected chi connectivity index (χ3v) is 16.6. The second-order valence-corrected chi connectivity index (χ2v) is 15.4. The Morgan fingerprint density at radius 2 is 1.75 bits per heavy atom. The second kappa shape index (κ2) is 2.86. The Kier molecular flexibility index (Phi) is 2.45. The third kappa shape index (κ3) is 1.76. The average Bonchev–Trinajstić information content (AvgIpc) is 1.80. The fourth-order valence-corrected chi connectivity index (χ4v) is 17.0. The first-order chi connectivity index (χ1) is 5.26. The Bertz CT molecular complexity index is 224. The minimum absolute atomic E-state index is 0.582. The first kappa shape index (κ1) is 10.3. The number of hydrogen-bond acceptors (Lipinski definition) is 3. The maximum absolute atomic E-state index is 4.88. The fourth-order valence-electron chi connectivity index (χ4n) is 1.72. The van der Waals surface area contributed by atoms with Crippen molar-refractivity contribution >= 4 is 25.5 Å². The summed E-state index contributed by atoms with van der Waals surface area (Å²) in [6, 6.07) is 0. The topological polar surface area (TPSA) is 27.6 Å². The molecule has 70 valence electrons. The molecule has 6 heteroatoms. The number of nitrogens with zero attached hydrogens (tertiary/aromatic N) is 2. The molecule has 12 heavy (non-hydrogen) atoms. The molecule has 1 aliphatic rings. The molecule has 0 fully saturated rings. The minimum Gasteiger partial charge on any atom is -0.423 e. The van der Waals surface area contributed by atoms with Gasteiger partial charge in [-0.05, 0) is 39.8 Å². The van der Waals surface area contributed by atoms with Crippen LogP contribution >= 0.6 is 0 Å². The van der Waals surface area contributed by atoms with Gasteiger partial charge in [-0.3, -0.25) is 0 Å². The summed E-state index contributed by atoms with van der Waals surface area (Å²) in [6.07, 6.45) is 0. The molecule has 0 spiro atoms. The van der Waals surface area contributed by atoms with E-state index in [2.05, 4.69) is 48.7 Å². The van der Waals surface area contributed by atoms with Gasteiger partial charge in [0, 0.05) is 0 Å². The van der Waals surface area contributed by atoms with E-state index in [0.717, 1.165) is 0 Å². The highest BCUT2D eigenvalue weighted by molar-refractivity contribution is 6.96. The molecule has 0 saturated carbocycles. The van der Waals surface area contributed by atoms with Gasteiger partial charge < -0.3 is 13.2 Å². The summed E-state index contributed by atoms with van der Waals surface area (Å²) in [5.74, 6) is 0. The summed E-state index contributed by atoms with van der Waals surface area (Å²) in [5, 5.41) is 0. The lowest BCUT2D eigenvalue weighted by Crippen LogP contribution is -2.71. The largest absolute Gasteiger partial charge is 0.423 e. The summed E-state index contributed by atoms with van der Waals surface area (Å²) >= 11 is 0. The Balaban J connectivity index is 3.02. The highest BCUT2D eigenvalue weighted by Gasteiger charge is 2.42. The predicted octanol–water partition coefficient (Wildman–Crippen LogP) is 1.31. The van der Waals surface area contributed by atoms with Crippen LogP contribution in [-0.4, -0.2) is 36.8 Å². The quantitative estimate of drug-likeness (QED) is 0.620. The van der Waals surface area contributed by atoms with E-state index in [-0.39, 0.29) is 0 Å². The summed E-state index contributed by atoms with van der Waals surface area (Å²) in [6.45, 7) is 11.7. The zero-order valence-corrected chi connectivity index (χ0v) is 11.9. The van der Waals surface area contributed by atoms with Gasteiger partial charge in [-0.2, -0.15) is 0 Å². The first-order valence-corrected chi connectivity index (χ1v) is 12.1. The van der Waals surface area contributed by atoms with Crippen LogP contribution in [0.1, 0.15) is 0 Å². The van der Waals surface area contributed by atoms with Crippen molar-refractivity contribution in [2.24, 2.45) is 4.30 Å². The van der Waals surface area contributed by atoms with Gasteiger partial charge in [-0.15, -0.1) is 0 Å². The molecule has 0 unspecified atom stereocenters. The summed E-state index contributed by atoms with van der Waals surface area (Å²) in [5.41, 5.74) is 0. The van der Waals surface area contributed by atoms with Crippen LogP contribution in [0.3, 0.4) is 0 Å². The van der Waals surface area contributed by atoms with Gasteiger partial charge in [0.15, 0.2) is 0 Å². The van der Waals surface area contributed by atoms with Crippen molar-refractivity contribution in [2.75, 3.05) is 7.05 Å². The average molecular weight is 217 g/mol. The molecular formula is C6H19N3Si3. The summed E-state index contributed by atoms with van der Waals surface area (Å²) in [4.78, 5) is 0. The number of nitrogens with one attached hydrogen (secondary N) is 1. The maximum atomic E-state index is 4.88. The minimum atomic E-state index is -1.39. The van der Waals surface area contributed by atoms with Crippen molar-refractivity contribution in [3.8, 4) is 0 Å². The molecule has 0 aliphatic carbocycles. The van der Waals surface area contributed by atoms with Crippen molar-refractivity contribution < 1.29 is 0 Å². The van der Waals surface area contributed by atoms with Crippen LogP contribution in [0.2, 0.25) is 32.7 Å². The van der Waals surface area contributed by atoms with Gasteiger partial charge in [0.1, 0.15) is 0 Å². The lowest BCUT2D eigenvalue weighted by atomic mass is 11.6. The van der Waals surface area contributed by atoms with Crippen molar-refractivity contribution in [1.29, 1.82) is 0 Å². The van der Waals surface area contributed by atoms with Crippen LogP contribution in [0.15, 0.2) is 4.30 Å². The Labute approximate surface area is 78.9 Å². The van der Waals surface area contributed by atoms with Crippen molar-refractivity contribution in [2.45, 2.75) is 32.7 Å². The lowest BCUT2D eigenvalue weighted by molar-refractivity contribution is 0.724. The molecule has 1 heterocycles. The normalized spacial score (nSPS) is 27.7. The molecule has 0 aromatic heterocycles. The van der Waals surface area contributed by atoms with E-state index in [1.54, 1.807) is 0 Å². The zero-order chi connectivity index (χ0) is 9.57.